The van der Waals surface area contributed by atoms with Crippen LogP contribution < -0.4 is 27.4 Å². The molecular formula is C17H21N5O5S. The molecule has 0 aliphatic carbocycles. The topological polar surface area (TPSA) is 173 Å². The van der Waals surface area contributed by atoms with E-state index in [0.29, 0.717) is 16.9 Å². The van der Waals surface area contributed by atoms with Gasteiger partial charge in [-0.05, 0) is 11.6 Å². The largest absolute Gasteiger partial charge is 0.370 e. The average molecular weight is 407 g/mol. The first kappa shape index (κ1) is 21.2. The normalized spacial score (nSPS) is 21.4. The summed E-state index contributed by atoms with van der Waals surface area (Å²) in [6, 6.07) is 4.54. The third-order valence-electron chi connectivity index (χ3n) is 3.93. The molecule has 2 atom stereocenters. The van der Waals surface area contributed by atoms with Crippen molar-refractivity contribution in [1.82, 2.24) is 16.0 Å². The summed E-state index contributed by atoms with van der Waals surface area (Å²) in [7, 11) is 0. The molecule has 2 rings (SSSR count). The Kier molecular flexibility index (Phi) is 7.38. The molecule has 0 bridgehead atoms. The van der Waals surface area contributed by atoms with E-state index in [4.69, 9.17) is 11.5 Å². The zero-order valence-electron chi connectivity index (χ0n) is 14.9. The van der Waals surface area contributed by atoms with E-state index in [0.717, 1.165) is 0 Å². The Morgan fingerprint density at radius 3 is 2.50 bits per heavy atom. The highest BCUT2D eigenvalue weighted by Gasteiger charge is 2.27. The molecule has 0 saturated heterocycles. The molecule has 28 heavy (non-hydrogen) atoms. The fourth-order valence-electron chi connectivity index (χ4n) is 2.53. The first-order chi connectivity index (χ1) is 13.3. The monoisotopic (exact) mass is 407 g/mol. The minimum Gasteiger partial charge on any atom is -0.370 e. The van der Waals surface area contributed by atoms with Gasteiger partial charge in [0.15, 0.2) is 0 Å². The van der Waals surface area contributed by atoms with E-state index in [2.05, 4.69) is 16.0 Å². The molecule has 0 fully saturated rings. The third-order valence-corrected chi connectivity index (χ3v) is 5.01. The molecule has 0 radical (unpaired) electrons. The maximum absolute atomic E-state index is 12.4. The molecular weight excluding hydrogens is 386 g/mol. The number of hydrogen-bond acceptors (Lipinski definition) is 6. The van der Waals surface area contributed by atoms with Crippen LogP contribution in [0.1, 0.15) is 22.3 Å². The highest BCUT2D eigenvalue weighted by molar-refractivity contribution is 7.98. The molecule has 1 aromatic rings. The van der Waals surface area contributed by atoms with Crippen LogP contribution in [-0.4, -0.2) is 53.9 Å². The summed E-state index contributed by atoms with van der Waals surface area (Å²) in [5, 5.41) is 7.24. The van der Waals surface area contributed by atoms with Crippen LogP contribution in [0, 0.1) is 0 Å². The average Bonchev–Trinajstić information content (AvgIpc) is 2.63. The second kappa shape index (κ2) is 9.74. The predicted octanol–water partition coefficient (Wildman–Crippen LogP) is -2.01. The number of rotatable bonds is 3. The third kappa shape index (κ3) is 5.98. The van der Waals surface area contributed by atoms with Gasteiger partial charge in [0.2, 0.25) is 23.6 Å². The van der Waals surface area contributed by atoms with E-state index < -0.39 is 54.6 Å². The van der Waals surface area contributed by atoms with Gasteiger partial charge in [-0.1, -0.05) is 18.2 Å². The van der Waals surface area contributed by atoms with Gasteiger partial charge in [0.25, 0.3) is 5.91 Å². The first-order valence-corrected chi connectivity index (χ1v) is 9.54. The number of nitrogens with one attached hydrogen (secondary N) is 3. The van der Waals surface area contributed by atoms with Crippen molar-refractivity contribution in [3.8, 4) is 0 Å². The van der Waals surface area contributed by atoms with Crippen LogP contribution in [-0.2, 0) is 24.9 Å². The van der Waals surface area contributed by atoms with Gasteiger partial charge in [-0.2, -0.15) is 11.8 Å². The van der Waals surface area contributed by atoms with Crippen molar-refractivity contribution in [1.29, 1.82) is 0 Å². The lowest BCUT2D eigenvalue weighted by Gasteiger charge is -2.22. The maximum atomic E-state index is 12.4. The summed E-state index contributed by atoms with van der Waals surface area (Å²) in [5.74, 6) is -2.94. The van der Waals surface area contributed by atoms with Crippen molar-refractivity contribution < 1.29 is 24.0 Å². The quantitative estimate of drug-likeness (QED) is 0.387. The second-order valence-corrected chi connectivity index (χ2v) is 7.14. The number of carbonyl (C=O) groups excluding carboxylic acids is 5. The lowest BCUT2D eigenvalue weighted by molar-refractivity contribution is -0.132. The van der Waals surface area contributed by atoms with E-state index in [-0.39, 0.29) is 5.75 Å². The molecule has 0 unspecified atom stereocenters. The van der Waals surface area contributed by atoms with Crippen molar-refractivity contribution in [2.75, 3.05) is 12.3 Å². The summed E-state index contributed by atoms with van der Waals surface area (Å²) >= 11 is 1.30. The SMILES string of the molecule is NC(=O)C[C@@H]1NC(=O)CNC(=O)c2ccccc2CSC[C@@H](C(N)=O)NC1=O. The molecule has 5 amide bonds. The highest BCUT2D eigenvalue weighted by Crippen LogP contribution is 2.18. The Morgan fingerprint density at radius 2 is 1.82 bits per heavy atom. The number of carbonyl (C=O) groups is 5. The zero-order chi connectivity index (χ0) is 20.7. The maximum Gasteiger partial charge on any atom is 0.252 e. The Labute approximate surface area is 165 Å². The molecule has 10 nitrogen and oxygen atoms in total. The van der Waals surface area contributed by atoms with Gasteiger partial charge in [0, 0.05) is 17.1 Å². The molecule has 1 aliphatic heterocycles. The highest BCUT2D eigenvalue weighted by atomic mass is 32.2. The molecule has 0 aromatic heterocycles. The molecule has 7 N–H and O–H groups in total. The van der Waals surface area contributed by atoms with Crippen LogP contribution in [0.2, 0.25) is 0 Å². The standard InChI is InChI=1S/C17H21N5O5S/c18-13(23)5-11-17(27)22-12(15(19)25)8-28-7-9-3-1-2-4-10(9)16(26)20-6-14(24)21-11/h1-4,11-12H,5-8H2,(H2,18,23)(H2,19,25)(H,20,26)(H,21,24)(H,22,27)/t11-,12-/m0/s1. The summed E-state index contributed by atoms with van der Waals surface area (Å²) in [6.45, 7) is -0.401. The second-order valence-electron chi connectivity index (χ2n) is 6.11. The fraction of sp³-hybridized carbons (Fsp3) is 0.353. The predicted molar refractivity (Wildman–Crippen MR) is 102 cm³/mol. The van der Waals surface area contributed by atoms with Crippen molar-refractivity contribution in [3.63, 3.8) is 0 Å². The van der Waals surface area contributed by atoms with Crippen LogP contribution in [0.4, 0.5) is 0 Å². The van der Waals surface area contributed by atoms with Gasteiger partial charge < -0.3 is 27.4 Å². The van der Waals surface area contributed by atoms with E-state index in [9.17, 15) is 24.0 Å². The van der Waals surface area contributed by atoms with Crippen LogP contribution in [0.15, 0.2) is 24.3 Å². The fourth-order valence-corrected chi connectivity index (χ4v) is 3.61. The minimum atomic E-state index is -1.29. The number of thioether (sulfide) groups is 1. The van der Waals surface area contributed by atoms with Gasteiger partial charge in [-0.3, -0.25) is 24.0 Å². The van der Waals surface area contributed by atoms with E-state index >= 15 is 0 Å². The van der Waals surface area contributed by atoms with Gasteiger partial charge in [0.05, 0.1) is 13.0 Å². The number of hydrogen-bond donors (Lipinski definition) is 5. The number of fused-ring (bicyclic) bond motifs is 1. The lowest BCUT2D eigenvalue weighted by Crippen LogP contribution is -2.55. The number of benzene rings is 1. The van der Waals surface area contributed by atoms with Crippen molar-refractivity contribution >= 4 is 41.3 Å². The Bertz CT molecular complexity index is 800. The summed E-state index contributed by atoms with van der Waals surface area (Å²) in [5.41, 5.74) is 11.6. The van der Waals surface area contributed by atoms with E-state index in [1.165, 1.54) is 11.8 Å². The minimum absolute atomic E-state index is 0.147. The molecule has 11 heteroatoms. The van der Waals surface area contributed by atoms with Crippen LogP contribution in [0.25, 0.3) is 0 Å². The molecule has 0 saturated carbocycles. The van der Waals surface area contributed by atoms with Crippen LogP contribution >= 0.6 is 11.8 Å². The van der Waals surface area contributed by atoms with E-state index in [1.807, 2.05) is 0 Å². The van der Waals surface area contributed by atoms with Gasteiger partial charge in [0.1, 0.15) is 12.1 Å². The Morgan fingerprint density at radius 1 is 1.11 bits per heavy atom. The molecule has 1 aliphatic rings. The Balaban J connectivity index is 2.28. The van der Waals surface area contributed by atoms with Gasteiger partial charge in [-0.25, -0.2) is 0 Å². The first-order valence-electron chi connectivity index (χ1n) is 8.39. The summed E-state index contributed by atoms with van der Waals surface area (Å²) < 4.78 is 0. The van der Waals surface area contributed by atoms with Crippen LogP contribution in [0.5, 0.6) is 0 Å². The van der Waals surface area contributed by atoms with Gasteiger partial charge >= 0.3 is 0 Å². The van der Waals surface area contributed by atoms with Crippen molar-refractivity contribution in [2.24, 2.45) is 11.5 Å². The number of nitrogens with two attached hydrogens (primary N) is 2. The lowest BCUT2D eigenvalue weighted by atomic mass is 10.1. The zero-order valence-corrected chi connectivity index (χ0v) is 15.7. The van der Waals surface area contributed by atoms with E-state index in [1.54, 1.807) is 24.3 Å². The van der Waals surface area contributed by atoms with Crippen LogP contribution in [0.3, 0.4) is 0 Å². The van der Waals surface area contributed by atoms with Crippen molar-refractivity contribution in [2.45, 2.75) is 24.3 Å². The molecule has 1 heterocycles. The summed E-state index contributed by atoms with van der Waals surface area (Å²) in [4.78, 5) is 59.8. The summed E-state index contributed by atoms with van der Waals surface area (Å²) in [6.07, 6.45) is -0.465. The Hall–Kier alpha value is -3.08. The van der Waals surface area contributed by atoms with Crippen molar-refractivity contribution in [3.05, 3.63) is 35.4 Å². The van der Waals surface area contributed by atoms with Gasteiger partial charge in [-0.15, -0.1) is 0 Å². The number of primary amides is 2. The molecule has 1 aromatic carbocycles. The number of amides is 5. The molecule has 0 spiro atoms. The molecule has 150 valence electrons. The smallest absolute Gasteiger partial charge is 0.252 e.